The minimum absolute atomic E-state index is 0.501. The highest BCUT2D eigenvalue weighted by Gasteiger charge is 1.92. The van der Waals surface area contributed by atoms with Crippen molar-refractivity contribution in [1.82, 2.24) is 19.9 Å². The molecule has 0 aliphatic heterocycles. The fourth-order valence-corrected chi connectivity index (χ4v) is 0.633. The van der Waals surface area contributed by atoms with Crippen LogP contribution in [0, 0.1) is 12.4 Å². The average molecular weight is 130 g/mol. The van der Waals surface area contributed by atoms with Gasteiger partial charge in [-0.25, -0.2) is 19.9 Å². The lowest BCUT2D eigenvalue weighted by molar-refractivity contribution is 1.14. The van der Waals surface area contributed by atoms with Gasteiger partial charge in [0.2, 0.25) is 0 Å². The third-order valence-corrected chi connectivity index (χ3v) is 1.03. The molecule has 0 fully saturated rings. The van der Waals surface area contributed by atoms with Crippen LogP contribution in [0.15, 0.2) is 12.4 Å². The Bertz CT molecular complexity index is 281. The van der Waals surface area contributed by atoms with Crippen LogP contribution in [0.5, 0.6) is 0 Å². The second-order valence-electron chi connectivity index (χ2n) is 1.65. The van der Waals surface area contributed by atoms with Gasteiger partial charge in [0.05, 0.1) is 12.4 Å². The normalized spacial score (nSPS) is 10.0. The van der Waals surface area contributed by atoms with E-state index in [0.717, 1.165) is 0 Å². The number of rotatable bonds is 0. The number of fused-ring (bicyclic) bond motifs is 1. The van der Waals surface area contributed by atoms with Crippen LogP contribution in [0.25, 0.3) is 11.3 Å². The quantitative estimate of drug-likeness (QED) is 0.504. The maximum atomic E-state index is 3.86. The van der Waals surface area contributed by atoms with Crippen LogP contribution in [0.1, 0.15) is 0 Å². The second kappa shape index (κ2) is 1.98. The van der Waals surface area contributed by atoms with E-state index >= 15 is 0 Å². The molecule has 2 rings (SSSR count). The van der Waals surface area contributed by atoms with Crippen LogP contribution < -0.4 is 0 Å². The zero-order valence-corrected chi connectivity index (χ0v) is 4.94. The third kappa shape index (κ3) is 0.699. The maximum Gasteiger partial charge on any atom is 0.198 e. The first-order valence-corrected chi connectivity index (χ1v) is 2.69. The molecule has 0 unspecified atom stereocenters. The average Bonchev–Trinajstić information content (AvgIpc) is 2.05. The topological polar surface area (TPSA) is 51.6 Å². The molecule has 2 heterocycles. The Hall–Kier alpha value is -1.58. The predicted octanol–water partition coefficient (Wildman–Crippen LogP) is 0.0202. The molecule has 0 aromatic carbocycles. The highest BCUT2D eigenvalue weighted by Crippen LogP contribution is 1.95. The lowest BCUT2D eigenvalue weighted by atomic mass is 10.6. The van der Waals surface area contributed by atoms with Gasteiger partial charge in [-0.3, -0.25) is 0 Å². The van der Waals surface area contributed by atoms with Crippen molar-refractivity contribution in [3.63, 3.8) is 0 Å². The van der Waals surface area contributed by atoms with Gasteiger partial charge in [0.25, 0.3) is 0 Å². The minimum Gasteiger partial charge on any atom is -0.231 e. The number of hydrogen-bond donors (Lipinski definition) is 0. The van der Waals surface area contributed by atoms with Crippen LogP contribution in [-0.4, -0.2) is 19.9 Å². The molecule has 10 heavy (non-hydrogen) atoms. The fraction of sp³-hybridized carbons (Fsp3) is 0. The largest absolute Gasteiger partial charge is 0.231 e. The van der Waals surface area contributed by atoms with Gasteiger partial charge in [-0.05, 0) is 0 Å². The molecule has 2 aromatic rings. The highest BCUT2D eigenvalue weighted by molar-refractivity contribution is 5.61. The maximum absolute atomic E-state index is 3.86. The van der Waals surface area contributed by atoms with Crippen LogP contribution in [0.4, 0.5) is 0 Å². The van der Waals surface area contributed by atoms with Crippen molar-refractivity contribution >= 4 is 11.3 Å². The molecule has 4 nitrogen and oxygen atoms in total. The minimum atomic E-state index is 0.501. The van der Waals surface area contributed by atoms with E-state index in [9.17, 15) is 0 Å². The van der Waals surface area contributed by atoms with Gasteiger partial charge in [-0.2, -0.15) is 0 Å². The van der Waals surface area contributed by atoms with Crippen molar-refractivity contribution in [3.8, 4) is 0 Å². The van der Waals surface area contributed by atoms with Crippen molar-refractivity contribution in [1.29, 1.82) is 0 Å². The summed E-state index contributed by atoms with van der Waals surface area (Å²) in [7, 11) is 0. The van der Waals surface area contributed by atoms with Gasteiger partial charge in [0, 0.05) is 0 Å². The molecule has 2 aromatic heterocycles. The van der Waals surface area contributed by atoms with Gasteiger partial charge >= 0.3 is 0 Å². The molecule has 2 radical (unpaired) electrons. The molecule has 46 valence electrons. The Morgan fingerprint density at radius 3 is 1.90 bits per heavy atom. The van der Waals surface area contributed by atoms with Gasteiger partial charge in [-0.1, -0.05) is 0 Å². The zero-order valence-electron chi connectivity index (χ0n) is 4.94. The van der Waals surface area contributed by atoms with Crippen LogP contribution >= 0.6 is 0 Å². The van der Waals surface area contributed by atoms with Crippen LogP contribution in [0.2, 0.25) is 0 Å². The number of hydrogen-bond acceptors (Lipinski definition) is 4. The summed E-state index contributed by atoms with van der Waals surface area (Å²) in [6.45, 7) is 0. The number of nitrogens with zero attached hydrogens (tertiary/aromatic N) is 4. The summed E-state index contributed by atoms with van der Waals surface area (Å²) in [6, 6.07) is 0. The summed E-state index contributed by atoms with van der Waals surface area (Å²) in [5.74, 6) is 0. The van der Waals surface area contributed by atoms with Gasteiger partial charge in [-0.15, -0.1) is 0 Å². The lowest BCUT2D eigenvalue weighted by Crippen LogP contribution is -1.87. The first-order valence-electron chi connectivity index (χ1n) is 2.69. The van der Waals surface area contributed by atoms with E-state index in [2.05, 4.69) is 32.3 Å². The van der Waals surface area contributed by atoms with E-state index in [0.29, 0.717) is 11.3 Å². The predicted molar refractivity (Wildman–Crippen MR) is 32.8 cm³/mol. The molecule has 0 aliphatic carbocycles. The van der Waals surface area contributed by atoms with Gasteiger partial charge in [0.15, 0.2) is 11.3 Å². The molecule has 0 spiro atoms. The summed E-state index contributed by atoms with van der Waals surface area (Å²) in [5, 5.41) is 0. The van der Waals surface area contributed by atoms with E-state index in [-0.39, 0.29) is 0 Å². The first kappa shape index (κ1) is 5.22. The smallest absolute Gasteiger partial charge is 0.198 e. The Morgan fingerprint density at radius 2 is 1.40 bits per heavy atom. The molecule has 0 aliphatic rings. The molecule has 0 N–H and O–H groups in total. The Balaban J connectivity index is 2.89. The Kier molecular flexibility index (Phi) is 1.04. The summed E-state index contributed by atoms with van der Waals surface area (Å²) < 4.78 is 0. The Morgan fingerprint density at radius 1 is 0.900 bits per heavy atom. The van der Waals surface area contributed by atoms with E-state index in [1.54, 1.807) is 0 Å². The third-order valence-electron chi connectivity index (χ3n) is 1.03. The standard InChI is InChI=1S/C6H2N4/c1-2-8-6-5(7-1)9-3-4-10-6/h1,4H. The molecule has 0 saturated carbocycles. The zero-order chi connectivity index (χ0) is 6.81. The first-order chi connectivity index (χ1) is 4.97. The van der Waals surface area contributed by atoms with E-state index in [4.69, 9.17) is 0 Å². The van der Waals surface area contributed by atoms with Crippen molar-refractivity contribution in [2.75, 3.05) is 0 Å². The van der Waals surface area contributed by atoms with E-state index < -0.39 is 0 Å². The van der Waals surface area contributed by atoms with Crippen LogP contribution in [0.3, 0.4) is 0 Å². The van der Waals surface area contributed by atoms with Crippen molar-refractivity contribution < 1.29 is 0 Å². The summed E-state index contributed by atoms with van der Waals surface area (Å²) in [4.78, 5) is 15.3. The highest BCUT2D eigenvalue weighted by atomic mass is 15.0. The lowest BCUT2D eigenvalue weighted by Gasteiger charge is -1.87. The summed E-state index contributed by atoms with van der Waals surface area (Å²) >= 11 is 0. The molecule has 0 bridgehead atoms. The summed E-state index contributed by atoms with van der Waals surface area (Å²) in [6.07, 6.45) is 8.01. The fourth-order valence-electron chi connectivity index (χ4n) is 0.633. The van der Waals surface area contributed by atoms with Gasteiger partial charge in [0.1, 0.15) is 12.4 Å². The van der Waals surface area contributed by atoms with Crippen molar-refractivity contribution in [3.05, 3.63) is 24.8 Å². The van der Waals surface area contributed by atoms with Crippen LogP contribution in [-0.2, 0) is 0 Å². The molecule has 4 heteroatoms. The van der Waals surface area contributed by atoms with Crippen molar-refractivity contribution in [2.45, 2.75) is 0 Å². The molecule has 0 atom stereocenters. The number of aromatic nitrogens is 4. The molecule has 0 amide bonds. The Labute approximate surface area is 57.0 Å². The molecular formula is C6H2N4. The molecular weight excluding hydrogens is 128 g/mol. The van der Waals surface area contributed by atoms with E-state index in [1.165, 1.54) is 12.4 Å². The van der Waals surface area contributed by atoms with E-state index in [1.807, 2.05) is 0 Å². The molecule has 0 saturated heterocycles. The summed E-state index contributed by atoms with van der Waals surface area (Å²) in [5.41, 5.74) is 1.00. The second-order valence-corrected chi connectivity index (χ2v) is 1.65. The van der Waals surface area contributed by atoms with Gasteiger partial charge < -0.3 is 0 Å². The monoisotopic (exact) mass is 130 g/mol. The SMILES string of the molecule is [c]1cnc2n[c]cnc2n1. The van der Waals surface area contributed by atoms with Crippen molar-refractivity contribution in [2.24, 2.45) is 0 Å².